The van der Waals surface area contributed by atoms with Crippen molar-refractivity contribution in [2.75, 3.05) is 13.2 Å². The van der Waals surface area contributed by atoms with Crippen molar-refractivity contribution < 1.29 is 88.5 Å². The summed E-state index contributed by atoms with van der Waals surface area (Å²) in [5, 5.41) is 0. The van der Waals surface area contributed by atoms with E-state index in [1.165, 1.54) is 0 Å². The van der Waals surface area contributed by atoms with Crippen molar-refractivity contribution in [2.45, 2.75) is 48.4 Å². The van der Waals surface area contributed by atoms with Crippen molar-refractivity contribution >= 4 is 0 Å². The summed E-state index contributed by atoms with van der Waals surface area (Å²) in [6, 6.07) is -0.255. The highest BCUT2D eigenvalue weighted by atomic mass is 19.4. The highest BCUT2D eigenvalue weighted by molar-refractivity contribution is 5.35. The van der Waals surface area contributed by atoms with E-state index in [0.717, 1.165) is 0 Å². The molecule has 0 amide bonds. The molecule has 1 aromatic carbocycles. The summed E-state index contributed by atoms with van der Waals surface area (Å²) in [5.74, 6) is -48.2. The quantitative estimate of drug-likeness (QED) is 0.249. The molecule has 0 spiro atoms. The predicted molar refractivity (Wildman–Crippen MR) is 79.0 cm³/mol. The largest absolute Gasteiger partial charge is 0.484 e. The lowest BCUT2D eigenvalue weighted by molar-refractivity contribution is -0.342. The van der Waals surface area contributed by atoms with Crippen molar-refractivity contribution in [2.24, 2.45) is 0 Å². The second-order valence-corrected chi connectivity index (χ2v) is 6.67. The second kappa shape index (κ2) is 9.79. The molecular weight excluding hydrogens is 566 g/mol. The van der Waals surface area contributed by atoms with Crippen LogP contribution >= 0.6 is 0 Å². The van der Waals surface area contributed by atoms with E-state index >= 15 is 0 Å². The van der Waals surface area contributed by atoms with Crippen molar-refractivity contribution in [3.63, 3.8) is 0 Å². The Labute approximate surface area is 186 Å². The van der Waals surface area contributed by atoms with Crippen molar-refractivity contribution in [1.29, 1.82) is 0 Å². The molecule has 0 aliphatic rings. The molecule has 0 aliphatic carbocycles. The summed E-state index contributed by atoms with van der Waals surface area (Å²) in [6.07, 6.45) is -10.6. The first-order valence-corrected chi connectivity index (χ1v) is 8.45. The smallest absolute Gasteiger partial charge is 0.381 e. The Morgan fingerprint density at radius 1 is 0.528 bits per heavy atom. The summed E-state index contributed by atoms with van der Waals surface area (Å²) < 4.78 is 240. The Kier molecular flexibility index (Phi) is 8.59. The fraction of sp³-hybridized carbons (Fsp3) is 0.625. The highest BCUT2D eigenvalue weighted by Gasteiger charge is 2.76. The lowest BCUT2D eigenvalue weighted by atomic mass is 10.1. The van der Waals surface area contributed by atoms with Crippen LogP contribution in [0.1, 0.15) is 0 Å². The maximum Gasteiger partial charge on any atom is 0.381 e. The molecule has 1 aromatic rings. The maximum absolute atomic E-state index is 13.8. The van der Waals surface area contributed by atoms with Crippen LogP contribution in [0.4, 0.5) is 79.0 Å². The molecule has 210 valence electrons. The van der Waals surface area contributed by atoms with E-state index in [-0.39, 0.29) is 12.1 Å². The van der Waals surface area contributed by atoms with Gasteiger partial charge < -0.3 is 9.47 Å². The zero-order valence-electron chi connectivity index (χ0n) is 16.3. The molecular formula is C16H8F18O2. The Bertz CT molecular complexity index is 840. The number of rotatable bonds is 12. The highest BCUT2D eigenvalue weighted by Crippen LogP contribution is 2.50. The zero-order valence-corrected chi connectivity index (χ0v) is 16.3. The number of hydrogen-bond donors (Lipinski definition) is 0. The minimum Gasteiger partial charge on any atom is -0.484 e. The van der Waals surface area contributed by atoms with Gasteiger partial charge in [0, 0.05) is 0 Å². The molecule has 0 saturated heterocycles. The van der Waals surface area contributed by atoms with Crippen LogP contribution in [0.15, 0.2) is 12.1 Å². The third-order valence-electron chi connectivity index (χ3n) is 4.13. The predicted octanol–water partition coefficient (Wildman–Crippen LogP) is 7.06. The average molecular weight is 574 g/mol. The molecule has 0 unspecified atom stereocenters. The van der Waals surface area contributed by atoms with Gasteiger partial charge in [0.15, 0.2) is 24.7 Å². The van der Waals surface area contributed by atoms with Gasteiger partial charge >= 0.3 is 48.4 Å². The van der Waals surface area contributed by atoms with Crippen LogP contribution in [0.3, 0.4) is 0 Å². The van der Waals surface area contributed by atoms with Gasteiger partial charge in [0.1, 0.15) is 0 Å². The van der Waals surface area contributed by atoms with Gasteiger partial charge in [0.2, 0.25) is 11.6 Å². The lowest BCUT2D eigenvalue weighted by Gasteiger charge is -2.32. The molecule has 0 radical (unpaired) electrons. The van der Waals surface area contributed by atoms with E-state index in [4.69, 9.17) is 0 Å². The monoisotopic (exact) mass is 574 g/mol. The standard InChI is InChI=1S/C16H8F18O2/c17-7-5(35-3-11(23,24)15(31,32)13(27,28)9(19)20)1-2-6(8(7)18)36-4-12(25,26)16(33,34)14(29,30)10(21)22/h1-2,9-10H,3-4H2. The van der Waals surface area contributed by atoms with Crippen LogP contribution in [0.2, 0.25) is 0 Å². The maximum atomic E-state index is 13.8. The van der Waals surface area contributed by atoms with E-state index in [1.807, 2.05) is 0 Å². The molecule has 1 rings (SSSR count). The molecule has 0 fully saturated rings. The van der Waals surface area contributed by atoms with E-state index in [1.54, 1.807) is 0 Å². The van der Waals surface area contributed by atoms with Crippen LogP contribution in [0.25, 0.3) is 0 Å². The summed E-state index contributed by atoms with van der Waals surface area (Å²) in [5.41, 5.74) is 0. The molecule has 20 heteroatoms. The molecule has 36 heavy (non-hydrogen) atoms. The van der Waals surface area contributed by atoms with Gasteiger partial charge in [-0.1, -0.05) is 0 Å². The van der Waals surface area contributed by atoms with Gasteiger partial charge in [-0.15, -0.1) is 0 Å². The van der Waals surface area contributed by atoms with Crippen LogP contribution in [-0.4, -0.2) is 61.6 Å². The molecule has 0 saturated carbocycles. The third kappa shape index (κ3) is 5.30. The SMILES string of the molecule is Fc1c(OCC(F)(F)C(F)(F)C(F)(F)C(F)F)ccc(OCC(F)(F)C(F)(F)C(F)(F)C(F)F)c1F. The first-order valence-electron chi connectivity index (χ1n) is 8.45. The first kappa shape index (κ1) is 31.6. The molecule has 0 aliphatic heterocycles. The van der Waals surface area contributed by atoms with Gasteiger partial charge in [0.05, 0.1) is 0 Å². The van der Waals surface area contributed by atoms with Crippen LogP contribution in [0, 0.1) is 11.6 Å². The summed E-state index contributed by atoms with van der Waals surface area (Å²) in [7, 11) is 0. The van der Waals surface area contributed by atoms with Crippen molar-refractivity contribution in [1.82, 2.24) is 0 Å². The normalized spacial score (nSPS) is 14.6. The molecule has 0 N–H and O–H groups in total. The molecule has 2 nitrogen and oxygen atoms in total. The number of alkyl halides is 16. The Balaban J connectivity index is 3.09. The van der Waals surface area contributed by atoms with Crippen molar-refractivity contribution in [3.8, 4) is 11.5 Å². The lowest BCUT2D eigenvalue weighted by Crippen LogP contribution is -2.59. The van der Waals surface area contributed by atoms with Crippen LogP contribution < -0.4 is 9.47 Å². The third-order valence-corrected chi connectivity index (χ3v) is 4.13. The Morgan fingerprint density at radius 2 is 0.778 bits per heavy atom. The van der Waals surface area contributed by atoms with Gasteiger partial charge in [0.25, 0.3) is 0 Å². The minimum absolute atomic E-state index is 0.128. The van der Waals surface area contributed by atoms with Crippen molar-refractivity contribution in [3.05, 3.63) is 23.8 Å². The number of hydrogen-bond acceptors (Lipinski definition) is 2. The van der Waals surface area contributed by atoms with Crippen LogP contribution in [-0.2, 0) is 0 Å². The van der Waals surface area contributed by atoms with E-state index in [2.05, 4.69) is 9.47 Å². The fourth-order valence-electron chi connectivity index (χ4n) is 2.02. The molecule has 0 aromatic heterocycles. The minimum atomic E-state index is -6.80. The van der Waals surface area contributed by atoms with E-state index < -0.39 is 84.7 Å². The summed E-state index contributed by atoms with van der Waals surface area (Å²) in [4.78, 5) is 0. The number of benzene rings is 1. The molecule has 0 atom stereocenters. The van der Waals surface area contributed by atoms with Gasteiger partial charge in [-0.05, 0) is 12.1 Å². The van der Waals surface area contributed by atoms with E-state index in [0.29, 0.717) is 0 Å². The Hall–Kier alpha value is -2.44. The summed E-state index contributed by atoms with van der Waals surface area (Å²) in [6.45, 7) is -5.99. The number of ether oxygens (including phenoxy) is 2. The Morgan fingerprint density at radius 3 is 1.00 bits per heavy atom. The number of halogens is 18. The first-order chi connectivity index (χ1) is 15.9. The second-order valence-electron chi connectivity index (χ2n) is 6.67. The summed E-state index contributed by atoms with van der Waals surface area (Å²) >= 11 is 0. The average Bonchev–Trinajstić information content (AvgIpc) is 2.73. The van der Waals surface area contributed by atoms with Gasteiger partial charge in [-0.3, -0.25) is 0 Å². The van der Waals surface area contributed by atoms with E-state index in [9.17, 15) is 79.0 Å². The molecule has 0 heterocycles. The molecule has 0 bridgehead atoms. The zero-order chi connectivity index (χ0) is 28.7. The van der Waals surface area contributed by atoms with Gasteiger partial charge in [-0.2, -0.15) is 61.5 Å². The van der Waals surface area contributed by atoms with Crippen LogP contribution in [0.5, 0.6) is 11.5 Å². The fourth-order valence-corrected chi connectivity index (χ4v) is 2.02. The topological polar surface area (TPSA) is 18.5 Å². The van der Waals surface area contributed by atoms with Gasteiger partial charge in [-0.25, -0.2) is 17.6 Å².